The molecule has 1 aromatic rings. The van der Waals surface area contributed by atoms with Crippen LogP contribution in [0.3, 0.4) is 0 Å². The molecule has 1 unspecified atom stereocenters. The van der Waals surface area contributed by atoms with Crippen molar-refractivity contribution in [2.75, 3.05) is 0 Å². The third-order valence-electron chi connectivity index (χ3n) is 2.24. The number of hydrogen-bond acceptors (Lipinski definition) is 3. The van der Waals surface area contributed by atoms with Crippen LogP contribution in [0, 0.1) is 0 Å². The molecule has 0 saturated heterocycles. The van der Waals surface area contributed by atoms with Crippen LogP contribution in [0.15, 0.2) is 24.3 Å². The lowest BCUT2D eigenvalue weighted by atomic mass is 9.99. The summed E-state index contributed by atoms with van der Waals surface area (Å²) in [7, 11) is 0. The van der Waals surface area contributed by atoms with Gasteiger partial charge >= 0.3 is 0 Å². The number of hydrogen-bond donors (Lipinski definition) is 0. The lowest BCUT2D eigenvalue weighted by molar-refractivity contribution is -0.136. The summed E-state index contributed by atoms with van der Waals surface area (Å²) in [6, 6.07) is 7.29. The number of rotatable bonds is 1. The minimum absolute atomic E-state index is 0.156. The molecule has 2 rings (SSSR count). The van der Waals surface area contributed by atoms with Gasteiger partial charge in [-0.25, -0.2) is 0 Å². The van der Waals surface area contributed by atoms with Crippen LogP contribution in [-0.4, -0.2) is 17.7 Å². The largest absolute Gasteiger partial charge is 0.474 e. The first-order valence-corrected chi connectivity index (χ1v) is 4.46. The van der Waals surface area contributed by atoms with Gasteiger partial charge in [0.05, 0.1) is 0 Å². The molecule has 0 bridgehead atoms. The van der Waals surface area contributed by atoms with Gasteiger partial charge in [0.25, 0.3) is 0 Å². The number of ether oxygens (including phenoxy) is 1. The van der Waals surface area contributed by atoms with Gasteiger partial charge in [-0.1, -0.05) is 18.2 Å². The summed E-state index contributed by atoms with van der Waals surface area (Å²) in [4.78, 5) is 22.5. The molecule has 0 N–H and O–H groups in total. The minimum atomic E-state index is -0.898. The maximum atomic E-state index is 11.5. The molecular formula is C11H10O3. The van der Waals surface area contributed by atoms with E-state index in [9.17, 15) is 9.59 Å². The van der Waals surface area contributed by atoms with Crippen molar-refractivity contribution in [2.24, 2.45) is 0 Å². The van der Waals surface area contributed by atoms with Gasteiger partial charge in [0.15, 0.2) is 11.6 Å². The molecule has 0 fully saturated rings. The summed E-state index contributed by atoms with van der Waals surface area (Å²) in [5, 5.41) is 0. The van der Waals surface area contributed by atoms with Crippen LogP contribution >= 0.6 is 0 Å². The van der Waals surface area contributed by atoms with Crippen LogP contribution in [0.25, 0.3) is 0 Å². The van der Waals surface area contributed by atoms with E-state index in [1.54, 1.807) is 6.07 Å². The number of Topliss-reactive ketones (excluding diaryl/α,β-unsaturated/α-hetero) is 2. The predicted molar refractivity (Wildman–Crippen MR) is 50.3 cm³/mol. The first-order chi connectivity index (χ1) is 6.68. The first-order valence-electron chi connectivity index (χ1n) is 4.46. The van der Waals surface area contributed by atoms with Crippen molar-refractivity contribution in [2.45, 2.75) is 19.4 Å². The molecule has 72 valence electrons. The maximum Gasteiger partial charge on any atom is 0.214 e. The normalized spacial score (nSPS) is 19.8. The fraction of sp³-hybridized carbons (Fsp3) is 0.273. The van der Waals surface area contributed by atoms with Gasteiger partial charge in [-0.3, -0.25) is 9.59 Å². The van der Waals surface area contributed by atoms with Crippen LogP contribution in [0.5, 0.6) is 5.75 Å². The topological polar surface area (TPSA) is 43.4 Å². The number of carbonyl (C=O) groups is 2. The number of benzene rings is 1. The summed E-state index contributed by atoms with van der Waals surface area (Å²) < 4.78 is 5.31. The van der Waals surface area contributed by atoms with E-state index in [4.69, 9.17) is 4.74 Å². The van der Waals surface area contributed by atoms with Gasteiger partial charge in [-0.2, -0.15) is 0 Å². The third-order valence-corrected chi connectivity index (χ3v) is 2.24. The molecule has 0 aliphatic carbocycles. The van der Waals surface area contributed by atoms with E-state index < -0.39 is 6.10 Å². The Labute approximate surface area is 81.7 Å². The van der Waals surface area contributed by atoms with E-state index in [1.165, 1.54) is 6.92 Å². The second kappa shape index (κ2) is 3.25. The number of carbonyl (C=O) groups excluding carboxylic acids is 2. The number of fused-ring (bicyclic) bond motifs is 1. The van der Waals surface area contributed by atoms with E-state index in [0.29, 0.717) is 12.2 Å². The highest BCUT2D eigenvalue weighted by atomic mass is 16.5. The van der Waals surface area contributed by atoms with Crippen molar-refractivity contribution in [1.29, 1.82) is 0 Å². The Balaban J connectivity index is 2.36. The Morgan fingerprint density at radius 2 is 2.14 bits per heavy atom. The fourth-order valence-corrected chi connectivity index (χ4v) is 1.55. The maximum absolute atomic E-state index is 11.5. The monoisotopic (exact) mass is 190 g/mol. The molecule has 0 spiro atoms. The van der Waals surface area contributed by atoms with Gasteiger partial charge in [-0.15, -0.1) is 0 Å². The highest BCUT2D eigenvalue weighted by Crippen LogP contribution is 2.25. The van der Waals surface area contributed by atoms with Gasteiger partial charge in [0.2, 0.25) is 6.10 Å². The summed E-state index contributed by atoms with van der Waals surface area (Å²) in [6.07, 6.45) is -0.606. The van der Waals surface area contributed by atoms with Crippen molar-refractivity contribution in [1.82, 2.24) is 0 Å². The van der Waals surface area contributed by atoms with E-state index in [0.717, 1.165) is 5.56 Å². The molecule has 1 atom stereocenters. The summed E-state index contributed by atoms with van der Waals surface area (Å²) in [6.45, 7) is 1.37. The molecule has 0 aromatic heterocycles. The quantitative estimate of drug-likeness (QED) is 0.624. The lowest BCUT2D eigenvalue weighted by Crippen LogP contribution is -2.38. The molecule has 1 heterocycles. The summed E-state index contributed by atoms with van der Waals surface area (Å²) >= 11 is 0. The van der Waals surface area contributed by atoms with Crippen molar-refractivity contribution < 1.29 is 14.3 Å². The molecule has 1 aliphatic heterocycles. The Hall–Kier alpha value is -1.64. The zero-order valence-electron chi connectivity index (χ0n) is 7.82. The molecular weight excluding hydrogens is 180 g/mol. The second-order valence-electron chi connectivity index (χ2n) is 3.36. The average molecular weight is 190 g/mol. The zero-order chi connectivity index (χ0) is 10.1. The fourth-order valence-electron chi connectivity index (χ4n) is 1.55. The van der Waals surface area contributed by atoms with E-state index in [1.807, 2.05) is 18.2 Å². The molecule has 14 heavy (non-hydrogen) atoms. The number of ketones is 2. The van der Waals surface area contributed by atoms with E-state index in [2.05, 4.69) is 0 Å². The lowest BCUT2D eigenvalue weighted by Gasteiger charge is -2.22. The van der Waals surface area contributed by atoms with Crippen molar-refractivity contribution in [3.63, 3.8) is 0 Å². The highest BCUT2D eigenvalue weighted by molar-refractivity contribution is 6.06. The molecule has 0 amide bonds. The van der Waals surface area contributed by atoms with Gasteiger partial charge in [-0.05, 0) is 13.0 Å². The van der Waals surface area contributed by atoms with Crippen LogP contribution < -0.4 is 4.74 Å². The van der Waals surface area contributed by atoms with Crippen molar-refractivity contribution in [3.8, 4) is 5.75 Å². The third kappa shape index (κ3) is 1.41. The molecule has 1 aliphatic rings. The molecule has 0 saturated carbocycles. The summed E-state index contributed by atoms with van der Waals surface area (Å²) in [5.74, 6) is 0.257. The number of para-hydroxylation sites is 1. The van der Waals surface area contributed by atoms with Crippen LogP contribution in [0.2, 0.25) is 0 Å². The van der Waals surface area contributed by atoms with Gasteiger partial charge in [0.1, 0.15) is 5.75 Å². The molecule has 3 heteroatoms. The standard InChI is InChI=1S/C11H10O3/c1-7(12)11-9(13)6-8-4-2-3-5-10(8)14-11/h2-5,11H,6H2,1H3. The van der Waals surface area contributed by atoms with E-state index in [-0.39, 0.29) is 11.6 Å². The SMILES string of the molecule is CC(=O)C1Oc2ccccc2CC1=O. The van der Waals surface area contributed by atoms with Crippen molar-refractivity contribution >= 4 is 11.6 Å². The van der Waals surface area contributed by atoms with Crippen LogP contribution in [0.4, 0.5) is 0 Å². The van der Waals surface area contributed by atoms with Gasteiger partial charge in [0, 0.05) is 12.0 Å². The Morgan fingerprint density at radius 1 is 1.43 bits per heavy atom. The van der Waals surface area contributed by atoms with E-state index >= 15 is 0 Å². The highest BCUT2D eigenvalue weighted by Gasteiger charge is 2.30. The summed E-state index contributed by atoms with van der Waals surface area (Å²) in [5.41, 5.74) is 0.856. The molecule has 1 aromatic carbocycles. The predicted octanol–water partition coefficient (Wildman–Crippen LogP) is 1.15. The van der Waals surface area contributed by atoms with Gasteiger partial charge < -0.3 is 4.74 Å². The first kappa shape index (κ1) is 8.94. The van der Waals surface area contributed by atoms with Crippen molar-refractivity contribution in [3.05, 3.63) is 29.8 Å². The van der Waals surface area contributed by atoms with Crippen LogP contribution in [0.1, 0.15) is 12.5 Å². The van der Waals surface area contributed by atoms with Crippen LogP contribution in [-0.2, 0) is 16.0 Å². The Morgan fingerprint density at radius 3 is 2.86 bits per heavy atom. The average Bonchev–Trinajstić information content (AvgIpc) is 2.16. The Bertz CT molecular complexity index is 395. The second-order valence-corrected chi connectivity index (χ2v) is 3.36. The Kier molecular flexibility index (Phi) is 2.08. The zero-order valence-corrected chi connectivity index (χ0v) is 7.82. The minimum Gasteiger partial charge on any atom is -0.474 e. The molecule has 0 radical (unpaired) electrons. The molecule has 3 nitrogen and oxygen atoms in total. The smallest absolute Gasteiger partial charge is 0.214 e.